The highest BCUT2D eigenvalue weighted by Crippen LogP contribution is 2.43. The van der Waals surface area contributed by atoms with E-state index in [0.717, 1.165) is 19.4 Å². The Balaban J connectivity index is 1.94. The molecule has 0 aromatic carbocycles. The van der Waals surface area contributed by atoms with Crippen molar-refractivity contribution in [2.24, 2.45) is 5.41 Å². The number of nitrogens with zero attached hydrogens (tertiary/aromatic N) is 1. The smallest absolute Gasteiger partial charge is 0.325 e. The first-order chi connectivity index (χ1) is 8.65. The van der Waals surface area contributed by atoms with Gasteiger partial charge in [0.05, 0.1) is 6.61 Å². The molecule has 0 aromatic heterocycles. The largest absolute Gasteiger partial charge is 0.465 e. The molecule has 0 bridgehead atoms. The van der Waals surface area contributed by atoms with E-state index in [9.17, 15) is 9.59 Å². The summed E-state index contributed by atoms with van der Waals surface area (Å²) in [6.07, 6.45) is 7.92. The van der Waals surface area contributed by atoms with Crippen LogP contribution in [0.1, 0.15) is 51.9 Å². The predicted octanol–water partition coefficient (Wildman–Crippen LogP) is 2.12. The van der Waals surface area contributed by atoms with Gasteiger partial charge in [-0.2, -0.15) is 0 Å². The predicted molar refractivity (Wildman–Crippen MR) is 68.0 cm³/mol. The number of rotatable bonds is 3. The van der Waals surface area contributed by atoms with Crippen molar-refractivity contribution in [2.75, 3.05) is 19.7 Å². The van der Waals surface area contributed by atoms with E-state index in [0.29, 0.717) is 13.0 Å². The number of carbonyl (C=O) groups excluding carboxylic acids is 2. The lowest BCUT2D eigenvalue weighted by atomic mass is 9.80. The SMILES string of the molecule is CCOC(=O)CN1CC2(CCCCCC2)CC1=O. The van der Waals surface area contributed by atoms with E-state index in [1.54, 1.807) is 11.8 Å². The Morgan fingerprint density at radius 2 is 1.94 bits per heavy atom. The summed E-state index contributed by atoms with van der Waals surface area (Å²) in [6.45, 7) is 3.06. The fourth-order valence-electron chi connectivity index (χ4n) is 3.30. The van der Waals surface area contributed by atoms with Gasteiger partial charge in [-0.1, -0.05) is 25.7 Å². The Hall–Kier alpha value is -1.06. The number of carbonyl (C=O) groups is 2. The Bertz CT molecular complexity index is 319. The van der Waals surface area contributed by atoms with E-state index < -0.39 is 0 Å². The van der Waals surface area contributed by atoms with E-state index >= 15 is 0 Å². The monoisotopic (exact) mass is 253 g/mol. The summed E-state index contributed by atoms with van der Waals surface area (Å²) in [5, 5.41) is 0. The van der Waals surface area contributed by atoms with E-state index in [2.05, 4.69) is 0 Å². The molecule has 4 heteroatoms. The Labute approximate surface area is 109 Å². The maximum Gasteiger partial charge on any atom is 0.325 e. The van der Waals surface area contributed by atoms with Gasteiger partial charge in [-0.15, -0.1) is 0 Å². The van der Waals surface area contributed by atoms with Crippen LogP contribution in [0.15, 0.2) is 0 Å². The second-order valence-corrected chi connectivity index (χ2v) is 5.65. The highest BCUT2D eigenvalue weighted by Gasteiger charge is 2.43. The topological polar surface area (TPSA) is 46.6 Å². The van der Waals surface area contributed by atoms with Crippen LogP contribution < -0.4 is 0 Å². The molecule has 18 heavy (non-hydrogen) atoms. The molecule has 1 aliphatic heterocycles. The maximum atomic E-state index is 12.0. The molecule has 102 valence electrons. The molecule has 1 saturated heterocycles. The second kappa shape index (κ2) is 5.72. The lowest BCUT2D eigenvalue weighted by Crippen LogP contribution is -2.34. The summed E-state index contributed by atoms with van der Waals surface area (Å²) in [7, 11) is 0. The minimum Gasteiger partial charge on any atom is -0.465 e. The zero-order valence-corrected chi connectivity index (χ0v) is 11.2. The van der Waals surface area contributed by atoms with Crippen molar-refractivity contribution in [3.63, 3.8) is 0 Å². The van der Waals surface area contributed by atoms with Crippen molar-refractivity contribution in [1.29, 1.82) is 0 Å². The lowest BCUT2D eigenvalue weighted by molar-refractivity contribution is -0.147. The first kappa shape index (κ1) is 13.4. The third-order valence-electron chi connectivity index (χ3n) is 4.19. The molecule has 1 heterocycles. The molecule has 2 fully saturated rings. The third-order valence-corrected chi connectivity index (χ3v) is 4.19. The van der Waals surface area contributed by atoms with Crippen LogP contribution in [0, 0.1) is 5.41 Å². The Morgan fingerprint density at radius 3 is 2.56 bits per heavy atom. The quantitative estimate of drug-likeness (QED) is 0.724. The highest BCUT2D eigenvalue weighted by atomic mass is 16.5. The van der Waals surface area contributed by atoms with Gasteiger partial charge in [0.1, 0.15) is 6.54 Å². The fraction of sp³-hybridized carbons (Fsp3) is 0.857. The molecule has 0 N–H and O–H groups in total. The van der Waals surface area contributed by atoms with Gasteiger partial charge in [-0.3, -0.25) is 9.59 Å². The van der Waals surface area contributed by atoms with Crippen LogP contribution in [-0.4, -0.2) is 36.5 Å². The average molecular weight is 253 g/mol. The van der Waals surface area contributed by atoms with E-state index in [1.165, 1.54) is 25.7 Å². The fourth-order valence-corrected chi connectivity index (χ4v) is 3.30. The summed E-state index contributed by atoms with van der Waals surface area (Å²) < 4.78 is 4.92. The molecule has 0 unspecified atom stereocenters. The van der Waals surface area contributed by atoms with Crippen molar-refractivity contribution in [3.05, 3.63) is 0 Å². The molecule has 0 radical (unpaired) electrons. The number of hydrogen-bond acceptors (Lipinski definition) is 3. The molecular weight excluding hydrogens is 230 g/mol. The van der Waals surface area contributed by atoms with Crippen LogP contribution in [-0.2, 0) is 14.3 Å². The van der Waals surface area contributed by atoms with Crippen molar-refractivity contribution in [2.45, 2.75) is 51.9 Å². The zero-order valence-electron chi connectivity index (χ0n) is 11.2. The molecule has 2 rings (SSSR count). The van der Waals surface area contributed by atoms with Gasteiger partial charge in [0.15, 0.2) is 0 Å². The molecular formula is C14H23NO3. The van der Waals surface area contributed by atoms with Crippen LogP contribution in [0.25, 0.3) is 0 Å². The molecule has 4 nitrogen and oxygen atoms in total. The maximum absolute atomic E-state index is 12.0. The normalized spacial score (nSPS) is 23.2. The standard InChI is InChI=1S/C14H23NO3/c1-2-18-13(17)10-15-11-14(9-12(15)16)7-5-3-4-6-8-14/h2-11H2,1H3. The lowest BCUT2D eigenvalue weighted by Gasteiger charge is -2.26. The summed E-state index contributed by atoms with van der Waals surface area (Å²) in [5.41, 5.74) is 0.153. The molecule has 0 aromatic rings. The summed E-state index contributed by atoms with van der Waals surface area (Å²) in [5.74, 6) is -0.151. The minimum atomic E-state index is -0.281. The zero-order chi connectivity index (χ0) is 13.0. The second-order valence-electron chi connectivity index (χ2n) is 5.65. The molecule has 2 aliphatic rings. The van der Waals surface area contributed by atoms with E-state index in [1.807, 2.05) is 0 Å². The number of likely N-dealkylation sites (tertiary alicyclic amines) is 1. The number of esters is 1. The first-order valence-corrected chi connectivity index (χ1v) is 7.09. The van der Waals surface area contributed by atoms with Gasteiger partial charge in [0, 0.05) is 13.0 Å². The molecule has 1 aliphatic carbocycles. The van der Waals surface area contributed by atoms with Crippen molar-refractivity contribution < 1.29 is 14.3 Å². The van der Waals surface area contributed by atoms with Gasteiger partial charge in [-0.25, -0.2) is 0 Å². The van der Waals surface area contributed by atoms with Gasteiger partial charge in [-0.05, 0) is 25.2 Å². The van der Waals surface area contributed by atoms with Gasteiger partial charge >= 0.3 is 5.97 Å². The summed E-state index contributed by atoms with van der Waals surface area (Å²) in [6, 6.07) is 0. The van der Waals surface area contributed by atoms with Crippen LogP contribution in [0.5, 0.6) is 0 Å². The summed E-state index contributed by atoms with van der Waals surface area (Å²) in [4.78, 5) is 25.2. The van der Waals surface area contributed by atoms with Crippen LogP contribution in [0.4, 0.5) is 0 Å². The number of hydrogen-bond donors (Lipinski definition) is 0. The Kier molecular flexibility index (Phi) is 4.25. The van der Waals surface area contributed by atoms with Gasteiger partial charge in [0.25, 0.3) is 0 Å². The van der Waals surface area contributed by atoms with Crippen LogP contribution in [0.2, 0.25) is 0 Å². The Morgan fingerprint density at radius 1 is 1.28 bits per heavy atom. The number of ether oxygens (including phenoxy) is 1. The van der Waals surface area contributed by atoms with Crippen molar-refractivity contribution >= 4 is 11.9 Å². The minimum absolute atomic E-state index is 0.130. The van der Waals surface area contributed by atoms with Gasteiger partial charge < -0.3 is 9.64 Å². The van der Waals surface area contributed by atoms with Crippen molar-refractivity contribution in [1.82, 2.24) is 4.90 Å². The molecule has 1 saturated carbocycles. The average Bonchev–Trinajstić information content (AvgIpc) is 2.50. The van der Waals surface area contributed by atoms with Crippen molar-refractivity contribution in [3.8, 4) is 0 Å². The molecule has 0 atom stereocenters. The van der Waals surface area contributed by atoms with E-state index in [4.69, 9.17) is 4.74 Å². The number of amides is 1. The molecule has 1 amide bonds. The van der Waals surface area contributed by atoms with E-state index in [-0.39, 0.29) is 23.8 Å². The first-order valence-electron chi connectivity index (χ1n) is 7.09. The highest BCUT2D eigenvalue weighted by molar-refractivity contribution is 5.84. The molecule has 1 spiro atoms. The third kappa shape index (κ3) is 3.03. The van der Waals surface area contributed by atoms with Crippen LogP contribution >= 0.6 is 0 Å². The van der Waals surface area contributed by atoms with Gasteiger partial charge in [0.2, 0.25) is 5.91 Å². The summed E-state index contributed by atoms with van der Waals surface area (Å²) >= 11 is 0. The van der Waals surface area contributed by atoms with Crippen LogP contribution in [0.3, 0.4) is 0 Å².